The maximum Gasteiger partial charge on any atom is 0.291 e. The van der Waals surface area contributed by atoms with Crippen LogP contribution in [0.25, 0.3) is 0 Å². The van der Waals surface area contributed by atoms with Gasteiger partial charge in [-0.15, -0.1) is 0 Å². The van der Waals surface area contributed by atoms with Gasteiger partial charge in [0.2, 0.25) is 5.91 Å². The van der Waals surface area contributed by atoms with Gasteiger partial charge in [0, 0.05) is 13.0 Å². The average molecular weight is 198 g/mol. The number of piperidine rings is 1. The van der Waals surface area contributed by atoms with E-state index < -0.39 is 5.60 Å². The molecule has 0 atom stereocenters. The van der Waals surface area contributed by atoms with Crippen molar-refractivity contribution in [2.75, 3.05) is 6.54 Å². The lowest BCUT2D eigenvalue weighted by atomic mass is 10.1. The van der Waals surface area contributed by atoms with Gasteiger partial charge in [-0.25, -0.2) is 0 Å². The lowest BCUT2D eigenvalue weighted by Crippen LogP contribution is -2.43. The summed E-state index contributed by atoms with van der Waals surface area (Å²) in [4.78, 5) is 12.9. The van der Waals surface area contributed by atoms with Crippen molar-refractivity contribution in [2.45, 2.75) is 45.6 Å². The summed E-state index contributed by atoms with van der Waals surface area (Å²) in [5, 5.41) is 7.65. The largest absolute Gasteiger partial charge is 0.459 e. The van der Waals surface area contributed by atoms with Gasteiger partial charge in [-0.3, -0.25) is 15.1 Å². The molecule has 80 valence electrons. The molecule has 0 spiro atoms. The normalized spacial score (nSPS) is 18.2. The molecule has 0 unspecified atom stereocenters. The molecule has 1 saturated heterocycles. The number of hydrogen-bond acceptors (Lipinski definition) is 3. The number of ether oxygens (including phenoxy) is 1. The van der Waals surface area contributed by atoms with Crippen molar-refractivity contribution in [3.05, 3.63) is 0 Å². The first-order chi connectivity index (χ1) is 6.40. The van der Waals surface area contributed by atoms with Gasteiger partial charge in [-0.1, -0.05) is 0 Å². The molecule has 1 amide bonds. The van der Waals surface area contributed by atoms with E-state index in [-0.39, 0.29) is 11.9 Å². The highest BCUT2D eigenvalue weighted by molar-refractivity contribution is 5.93. The van der Waals surface area contributed by atoms with Crippen LogP contribution in [0.5, 0.6) is 0 Å². The van der Waals surface area contributed by atoms with Crippen LogP contribution in [0.1, 0.15) is 40.0 Å². The Morgan fingerprint density at radius 3 is 2.57 bits per heavy atom. The zero-order valence-electron chi connectivity index (χ0n) is 9.09. The second-order valence-corrected chi connectivity index (χ2v) is 4.52. The van der Waals surface area contributed by atoms with Gasteiger partial charge in [-0.05, 0) is 33.6 Å². The Bertz CT molecular complexity index is 243. The van der Waals surface area contributed by atoms with Gasteiger partial charge >= 0.3 is 0 Å². The third kappa shape index (κ3) is 3.01. The molecule has 1 aliphatic heterocycles. The van der Waals surface area contributed by atoms with Crippen molar-refractivity contribution in [1.82, 2.24) is 4.90 Å². The smallest absolute Gasteiger partial charge is 0.291 e. The van der Waals surface area contributed by atoms with Gasteiger partial charge in [0.1, 0.15) is 5.60 Å². The first kappa shape index (κ1) is 11.0. The maximum absolute atomic E-state index is 11.4. The van der Waals surface area contributed by atoms with Crippen molar-refractivity contribution < 1.29 is 9.53 Å². The lowest BCUT2D eigenvalue weighted by Gasteiger charge is -2.30. The quantitative estimate of drug-likeness (QED) is 0.476. The van der Waals surface area contributed by atoms with Crippen LogP contribution in [0.3, 0.4) is 0 Å². The lowest BCUT2D eigenvalue weighted by molar-refractivity contribution is -0.130. The summed E-state index contributed by atoms with van der Waals surface area (Å²) in [7, 11) is 0. The zero-order valence-corrected chi connectivity index (χ0v) is 9.09. The van der Waals surface area contributed by atoms with Crippen LogP contribution >= 0.6 is 0 Å². The molecule has 1 fully saturated rings. The monoisotopic (exact) mass is 198 g/mol. The molecule has 4 heteroatoms. The van der Waals surface area contributed by atoms with Crippen molar-refractivity contribution in [1.29, 1.82) is 5.41 Å². The van der Waals surface area contributed by atoms with Gasteiger partial charge in [-0.2, -0.15) is 0 Å². The third-order valence-corrected chi connectivity index (χ3v) is 1.97. The molecule has 0 aliphatic carbocycles. The van der Waals surface area contributed by atoms with Gasteiger partial charge in [0.05, 0.1) is 0 Å². The highest BCUT2D eigenvalue weighted by atomic mass is 16.5. The Hall–Kier alpha value is -1.06. The Balaban J connectivity index is 2.55. The molecular weight excluding hydrogens is 180 g/mol. The summed E-state index contributed by atoms with van der Waals surface area (Å²) in [6.07, 6.45) is 2.43. The minimum Gasteiger partial charge on any atom is -0.459 e. The number of amidine groups is 1. The van der Waals surface area contributed by atoms with E-state index in [0.29, 0.717) is 13.0 Å². The van der Waals surface area contributed by atoms with E-state index in [4.69, 9.17) is 10.1 Å². The van der Waals surface area contributed by atoms with Crippen molar-refractivity contribution in [3.8, 4) is 0 Å². The fraction of sp³-hybridized carbons (Fsp3) is 0.800. The summed E-state index contributed by atoms with van der Waals surface area (Å²) in [6, 6.07) is -0.0119. The van der Waals surface area contributed by atoms with Crippen LogP contribution in [0, 0.1) is 5.41 Å². The van der Waals surface area contributed by atoms with Crippen LogP contribution in [-0.4, -0.2) is 29.0 Å². The Kier molecular flexibility index (Phi) is 3.13. The first-order valence-corrected chi connectivity index (χ1v) is 4.98. The van der Waals surface area contributed by atoms with E-state index in [2.05, 4.69) is 0 Å². The molecule has 1 heterocycles. The Labute approximate surface area is 84.7 Å². The molecule has 0 aromatic heterocycles. The predicted octanol–water partition coefficient (Wildman–Crippen LogP) is 1.75. The van der Waals surface area contributed by atoms with E-state index in [1.807, 2.05) is 20.8 Å². The molecule has 4 nitrogen and oxygen atoms in total. The number of carbonyl (C=O) groups is 1. The standard InChI is InChI=1S/C10H18N2O2/c1-10(2,3)14-9(11)12-7-5-4-6-8(12)13/h11H,4-7H2,1-3H3. The molecule has 1 rings (SSSR count). The predicted molar refractivity (Wildman–Crippen MR) is 54.1 cm³/mol. The van der Waals surface area contributed by atoms with Crippen LogP contribution in [-0.2, 0) is 9.53 Å². The summed E-state index contributed by atoms with van der Waals surface area (Å²) in [5.74, 6) is 0.00509. The van der Waals surface area contributed by atoms with Gasteiger partial charge in [0.25, 0.3) is 6.02 Å². The molecule has 1 aliphatic rings. The molecule has 0 aromatic carbocycles. The number of hydrogen-bond donors (Lipinski definition) is 1. The summed E-state index contributed by atoms with van der Waals surface area (Å²) in [6.45, 7) is 6.23. The van der Waals surface area contributed by atoms with E-state index >= 15 is 0 Å². The first-order valence-electron chi connectivity index (χ1n) is 4.98. The van der Waals surface area contributed by atoms with Crippen LogP contribution in [0.2, 0.25) is 0 Å². The topological polar surface area (TPSA) is 53.4 Å². The maximum atomic E-state index is 11.4. The summed E-state index contributed by atoms with van der Waals surface area (Å²) >= 11 is 0. The number of nitrogens with zero attached hydrogens (tertiary/aromatic N) is 1. The SMILES string of the molecule is CC(C)(C)OC(=N)N1CCCCC1=O. The molecule has 0 bridgehead atoms. The number of rotatable bonds is 0. The highest BCUT2D eigenvalue weighted by Crippen LogP contribution is 2.14. The Morgan fingerprint density at radius 2 is 2.07 bits per heavy atom. The fourth-order valence-electron chi connectivity index (χ4n) is 1.37. The third-order valence-electron chi connectivity index (χ3n) is 1.97. The van der Waals surface area contributed by atoms with Gasteiger partial charge < -0.3 is 4.74 Å². The molecule has 0 saturated carbocycles. The number of amides is 1. The summed E-state index contributed by atoms with van der Waals surface area (Å²) in [5.41, 5.74) is -0.408. The van der Waals surface area contributed by atoms with Crippen molar-refractivity contribution in [3.63, 3.8) is 0 Å². The summed E-state index contributed by atoms with van der Waals surface area (Å²) < 4.78 is 5.34. The van der Waals surface area contributed by atoms with E-state index in [1.165, 1.54) is 4.90 Å². The molecular formula is C10H18N2O2. The van der Waals surface area contributed by atoms with Gasteiger partial charge in [0.15, 0.2) is 0 Å². The molecule has 0 aromatic rings. The molecule has 0 radical (unpaired) electrons. The van der Waals surface area contributed by atoms with Crippen molar-refractivity contribution in [2.24, 2.45) is 0 Å². The van der Waals surface area contributed by atoms with E-state index in [0.717, 1.165) is 12.8 Å². The fourth-order valence-corrected chi connectivity index (χ4v) is 1.37. The minimum absolute atomic E-state index is 0.00509. The second-order valence-electron chi connectivity index (χ2n) is 4.52. The van der Waals surface area contributed by atoms with E-state index in [1.54, 1.807) is 0 Å². The zero-order chi connectivity index (χ0) is 10.8. The van der Waals surface area contributed by atoms with Crippen LogP contribution in [0.4, 0.5) is 0 Å². The highest BCUT2D eigenvalue weighted by Gasteiger charge is 2.25. The van der Waals surface area contributed by atoms with Crippen LogP contribution < -0.4 is 0 Å². The van der Waals surface area contributed by atoms with Crippen LogP contribution in [0.15, 0.2) is 0 Å². The van der Waals surface area contributed by atoms with Crippen molar-refractivity contribution >= 4 is 11.9 Å². The number of nitrogens with one attached hydrogen (secondary N) is 1. The molecule has 14 heavy (non-hydrogen) atoms. The number of carbonyl (C=O) groups excluding carboxylic acids is 1. The van der Waals surface area contributed by atoms with E-state index in [9.17, 15) is 4.79 Å². The molecule has 1 N–H and O–H groups in total. The number of likely N-dealkylation sites (tertiary alicyclic amines) is 1. The Morgan fingerprint density at radius 1 is 1.43 bits per heavy atom. The average Bonchev–Trinajstić information content (AvgIpc) is 2.01. The minimum atomic E-state index is -0.408. The second kappa shape index (κ2) is 3.98.